The van der Waals surface area contributed by atoms with Gasteiger partial charge in [-0.3, -0.25) is 0 Å². The molecule has 0 bridgehead atoms. The van der Waals surface area contributed by atoms with Gasteiger partial charge in [-0.1, -0.05) is 39.0 Å². The summed E-state index contributed by atoms with van der Waals surface area (Å²) < 4.78 is 1.83. The number of hydrogen-bond donors (Lipinski definition) is 1. The molecule has 0 saturated heterocycles. The largest absolute Gasteiger partial charge is 0.326 e. The van der Waals surface area contributed by atoms with Crippen molar-refractivity contribution >= 4 is 0 Å². The minimum atomic E-state index is -0.0402. The van der Waals surface area contributed by atoms with Gasteiger partial charge in [0, 0.05) is 24.6 Å². The molecule has 0 aliphatic heterocycles. The predicted octanol–water partition coefficient (Wildman–Crippen LogP) is 2.24. The first kappa shape index (κ1) is 12.8. The molecule has 18 heavy (non-hydrogen) atoms. The number of nitrogens with zero attached hydrogens (tertiary/aromatic N) is 3. The Morgan fingerprint density at radius 1 is 1.28 bits per heavy atom. The second kappa shape index (κ2) is 4.53. The van der Waals surface area contributed by atoms with Crippen molar-refractivity contribution in [2.24, 2.45) is 12.8 Å². The van der Waals surface area contributed by atoms with Crippen molar-refractivity contribution in [1.29, 1.82) is 0 Å². The molecule has 0 saturated carbocycles. The van der Waals surface area contributed by atoms with Crippen LogP contribution in [0, 0.1) is 0 Å². The lowest BCUT2D eigenvalue weighted by molar-refractivity contribution is 0.538. The van der Waals surface area contributed by atoms with Crippen LogP contribution in [0.3, 0.4) is 0 Å². The lowest BCUT2D eigenvalue weighted by Crippen LogP contribution is -2.13. The zero-order valence-electron chi connectivity index (χ0n) is 11.4. The van der Waals surface area contributed by atoms with E-state index < -0.39 is 0 Å². The average Bonchev–Trinajstić information content (AvgIpc) is 2.71. The van der Waals surface area contributed by atoms with Gasteiger partial charge in [0.25, 0.3) is 0 Å². The van der Waals surface area contributed by atoms with Crippen LogP contribution in [0.1, 0.15) is 32.2 Å². The smallest absolute Gasteiger partial charge is 0.158 e. The summed E-state index contributed by atoms with van der Waals surface area (Å²) in [7, 11) is 1.92. The van der Waals surface area contributed by atoms with Gasteiger partial charge in [0.05, 0.1) is 0 Å². The molecule has 96 valence electrons. The Kier molecular flexibility index (Phi) is 3.22. The highest BCUT2D eigenvalue weighted by Crippen LogP contribution is 2.23. The van der Waals surface area contributed by atoms with Gasteiger partial charge in [-0.15, -0.1) is 0 Å². The van der Waals surface area contributed by atoms with Crippen molar-refractivity contribution in [3.63, 3.8) is 0 Å². The molecule has 2 aromatic rings. The first-order valence-electron chi connectivity index (χ1n) is 6.12. The van der Waals surface area contributed by atoms with Gasteiger partial charge in [0.1, 0.15) is 0 Å². The van der Waals surface area contributed by atoms with E-state index in [-0.39, 0.29) is 5.41 Å². The Bertz CT molecular complexity index is 549. The minimum absolute atomic E-state index is 0.0402. The van der Waals surface area contributed by atoms with Gasteiger partial charge >= 0.3 is 0 Å². The molecule has 0 aliphatic rings. The Morgan fingerprint density at radius 2 is 2.00 bits per heavy atom. The molecule has 4 nitrogen and oxygen atoms in total. The van der Waals surface area contributed by atoms with E-state index in [2.05, 4.69) is 36.9 Å². The van der Waals surface area contributed by atoms with E-state index in [0.717, 1.165) is 22.8 Å². The van der Waals surface area contributed by atoms with Crippen LogP contribution >= 0.6 is 0 Å². The molecule has 1 aromatic heterocycles. The molecule has 4 heteroatoms. The SMILES string of the molecule is Cn1nc(C(C)(C)C)nc1-c1cccc(CN)c1. The molecule has 2 N–H and O–H groups in total. The van der Waals surface area contributed by atoms with Crippen molar-refractivity contribution < 1.29 is 0 Å². The maximum absolute atomic E-state index is 5.67. The van der Waals surface area contributed by atoms with Gasteiger partial charge in [0.2, 0.25) is 0 Å². The fraction of sp³-hybridized carbons (Fsp3) is 0.429. The summed E-state index contributed by atoms with van der Waals surface area (Å²) in [6, 6.07) is 8.12. The number of hydrogen-bond acceptors (Lipinski definition) is 3. The van der Waals surface area contributed by atoms with E-state index in [1.807, 2.05) is 29.9 Å². The number of aryl methyl sites for hydroxylation is 1. The molecule has 0 amide bonds. The summed E-state index contributed by atoms with van der Waals surface area (Å²) in [5.41, 5.74) is 7.79. The maximum Gasteiger partial charge on any atom is 0.158 e. The third-order valence-electron chi connectivity index (χ3n) is 2.85. The monoisotopic (exact) mass is 244 g/mol. The van der Waals surface area contributed by atoms with Crippen molar-refractivity contribution in [2.75, 3.05) is 0 Å². The highest BCUT2D eigenvalue weighted by molar-refractivity contribution is 5.56. The molecular formula is C14H20N4. The molecule has 2 rings (SSSR count). The summed E-state index contributed by atoms with van der Waals surface area (Å²) in [5, 5.41) is 4.49. The normalized spacial score (nSPS) is 11.8. The highest BCUT2D eigenvalue weighted by Gasteiger charge is 2.21. The van der Waals surface area contributed by atoms with Crippen LogP contribution < -0.4 is 5.73 Å². The van der Waals surface area contributed by atoms with Gasteiger partial charge in [0.15, 0.2) is 11.6 Å². The van der Waals surface area contributed by atoms with Crippen LogP contribution in [-0.4, -0.2) is 14.8 Å². The van der Waals surface area contributed by atoms with E-state index in [4.69, 9.17) is 5.73 Å². The topological polar surface area (TPSA) is 56.7 Å². The standard InChI is InChI=1S/C14H20N4/c1-14(2,3)13-16-12(18(4)17-13)11-7-5-6-10(8-11)9-15/h5-8H,9,15H2,1-4H3. The molecule has 1 heterocycles. The molecule has 0 unspecified atom stereocenters. The van der Waals surface area contributed by atoms with Crippen LogP contribution in [0.5, 0.6) is 0 Å². The fourth-order valence-electron chi connectivity index (χ4n) is 1.79. The van der Waals surface area contributed by atoms with Crippen LogP contribution in [-0.2, 0) is 19.0 Å². The van der Waals surface area contributed by atoms with Crippen molar-refractivity contribution in [2.45, 2.75) is 32.7 Å². The van der Waals surface area contributed by atoms with E-state index in [0.29, 0.717) is 6.54 Å². The Balaban J connectivity index is 2.47. The van der Waals surface area contributed by atoms with Crippen molar-refractivity contribution in [3.8, 4) is 11.4 Å². The third-order valence-corrected chi connectivity index (χ3v) is 2.85. The van der Waals surface area contributed by atoms with E-state index in [1.54, 1.807) is 0 Å². The second-order valence-corrected chi connectivity index (χ2v) is 5.54. The molecule has 0 fully saturated rings. The predicted molar refractivity (Wildman–Crippen MR) is 73.0 cm³/mol. The van der Waals surface area contributed by atoms with Gasteiger partial charge in [-0.25, -0.2) is 9.67 Å². The van der Waals surface area contributed by atoms with Crippen LogP contribution in [0.25, 0.3) is 11.4 Å². The summed E-state index contributed by atoms with van der Waals surface area (Å²) in [6.45, 7) is 6.88. The maximum atomic E-state index is 5.67. The Labute approximate surface area is 108 Å². The summed E-state index contributed by atoms with van der Waals surface area (Å²) >= 11 is 0. The average molecular weight is 244 g/mol. The minimum Gasteiger partial charge on any atom is -0.326 e. The molecule has 0 spiro atoms. The highest BCUT2D eigenvalue weighted by atomic mass is 15.3. The second-order valence-electron chi connectivity index (χ2n) is 5.54. The molecule has 1 aromatic carbocycles. The Hall–Kier alpha value is -1.68. The fourth-order valence-corrected chi connectivity index (χ4v) is 1.79. The summed E-state index contributed by atoms with van der Waals surface area (Å²) in [5.74, 6) is 1.74. The summed E-state index contributed by atoms with van der Waals surface area (Å²) in [4.78, 5) is 4.64. The first-order valence-corrected chi connectivity index (χ1v) is 6.12. The van der Waals surface area contributed by atoms with E-state index in [9.17, 15) is 0 Å². The lowest BCUT2D eigenvalue weighted by Gasteiger charge is -2.12. The van der Waals surface area contributed by atoms with Crippen molar-refractivity contribution in [3.05, 3.63) is 35.7 Å². The lowest BCUT2D eigenvalue weighted by atomic mass is 9.96. The quantitative estimate of drug-likeness (QED) is 0.881. The number of nitrogens with two attached hydrogens (primary N) is 1. The first-order chi connectivity index (χ1) is 8.41. The third kappa shape index (κ3) is 2.43. The number of benzene rings is 1. The van der Waals surface area contributed by atoms with Gasteiger partial charge in [-0.2, -0.15) is 5.10 Å². The molecule has 0 atom stereocenters. The zero-order valence-corrected chi connectivity index (χ0v) is 11.4. The Morgan fingerprint density at radius 3 is 2.56 bits per heavy atom. The number of aromatic nitrogens is 3. The van der Waals surface area contributed by atoms with Crippen LogP contribution in [0.4, 0.5) is 0 Å². The van der Waals surface area contributed by atoms with Gasteiger partial charge < -0.3 is 5.73 Å². The molecular weight excluding hydrogens is 224 g/mol. The van der Waals surface area contributed by atoms with E-state index in [1.165, 1.54) is 0 Å². The molecule has 0 radical (unpaired) electrons. The van der Waals surface area contributed by atoms with Crippen molar-refractivity contribution in [1.82, 2.24) is 14.8 Å². The van der Waals surface area contributed by atoms with Crippen LogP contribution in [0.2, 0.25) is 0 Å². The summed E-state index contributed by atoms with van der Waals surface area (Å²) in [6.07, 6.45) is 0. The van der Waals surface area contributed by atoms with Crippen LogP contribution in [0.15, 0.2) is 24.3 Å². The zero-order chi connectivity index (χ0) is 13.3. The number of rotatable bonds is 2. The van der Waals surface area contributed by atoms with E-state index >= 15 is 0 Å². The molecule has 0 aliphatic carbocycles. The van der Waals surface area contributed by atoms with Gasteiger partial charge in [-0.05, 0) is 11.6 Å².